The smallest absolute Gasteiger partial charge is 0.225 e. The lowest BCUT2D eigenvalue weighted by atomic mass is 9.91. The summed E-state index contributed by atoms with van der Waals surface area (Å²) in [6.07, 6.45) is 4.56. The third-order valence-electron chi connectivity index (χ3n) is 6.99. The van der Waals surface area contributed by atoms with Crippen LogP contribution < -0.4 is 20.4 Å². The van der Waals surface area contributed by atoms with Crippen LogP contribution in [0.3, 0.4) is 0 Å². The molecule has 1 aromatic heterocycles. The number of nitrogens with zero attached hydrogens (tertiary/aromatic N) is 4. The molecule has 3 aromatic rings. The molecule has 2 N–H and O–H groups in total. The number of rotatable bonds is 7. The summed E-state index contributed by atoms with van der Waals surface area (Å²) in [5.74, 6) is 1.70. The molecule has 2 aliphatic rings. The Morgan fingerprint density at radius 3 is 2.41 bits per heavy atom. The van der Waals surface area contributed by atoms with Crippen LogP contribution in [-0.2, 0) is 11.3 Å². The first-order chi connectivity index (χ1) is 16.7. The van der Waals surface area contributed by atoms with Gasteiger partial charge in [0.05, 0.1) is 18.7 Å². The van der Waals surface area contributed by atoms with Crippen molar-refractivity contribution in [2.24, 2.45) is 0 Å². The summed E-state index contributed by atoms with van der Waals surface area (Å²) >= 11 is 0. The van der Waals surface area contributed by atoms with E-state index in [1.165, 1.54) is 11.3 Å². The van der Waals surface area contributed by atoms with Crippen LogP contribution >= 0.6 is 0 Å². The zero-order valence-electron chi connectivity index (χ0n) is 20.3. The molecule has 7 nitrogen and oxygen atoms in total. The van der Waals surface area contributed by atoms with Gasteiger partial charge in [-0.25, -0.2) is 4.98 Å². The molecule has 1 saturated carbocycles. The summed E-state index contributed by atoms with van der Waals surface area (Å²) in [5, 5.41) is 8.53. The predicted molar refractivity (Wildman–Crippen MR) is 140 cm³/mol. The maximum atomic E-state index is 5.53. The van der Waals surface area contributed by atoms with Gasteiger partial charge in [0, 0.05) is 56.9 Å². The maximum absolute atomic E-state index is 5.53. The molecule has 180 valence electrons. The van der Waals surface area contributed by atoms with E-state index in [1.54, 1.807) is 0 Å². The molecule has 2 fully saturated rings. The van der Waals surface area contributed by atoms with Crippen LogP contribution in [-0.4, -0.2) is 62.5 Å². The van der Waals surface area contributed by atoms with E-state index in [0.717, 1.165) is 81.2 Å². The molecule has 0 spiro atoms. The predicted octanol–water partition coefficient (Wildman–Crippen LogP) is 4.05. The Kier molecular flexibility index (Phi) is 7.11. The molecule has 5 rings (SSSR count). The van der Waals surface area contributed by atoms with E-state index in [0.29, 0.717) is 12.1 Å². The van der Waals surface area contributed by atoms with Crippen molar-refractivity contribution in [3.05, 3.63) is 54.1 Å². The average molecular weight is 461 g/mol. The van der Waals surface area contributed by atoms with E-state index in [-0.39, 0.29) is 0 Å². The number of fused-ring (bicyclic) bond motifs is 1. The number of hydrogen-bond acceptors (Lipinski definition) is 7. The van der Waals surface area contributed by atoms with Crippen LogP contribution in [0.4, 0.5) is 17.5 Å². The first kappa shape index (κ1) is 22.9. The Hall–Kier alpha value is -2.90. The fourth-order valence-electron chi connectivity index (χ4n) is 5.12. The molecule has 0 unspecified atom stereocenters. The Morgan fingerprint density at radius 2 is 1.62 bits per heavy atom. The highest BCUT2D eigenvalue weighted by Gasteiger charge is 2.23. The minimum atomic E-state index is 0.412. The van der Waals surface area contributed by atoms with Crippen LogP contribution in [0.25, 0.3) is 10.9 Å². The zero-order valence-corrected chi connectivity index (χ0v) is 20.3. The molecule has 0 radical (unpaired) electrons. The number of morpholine rings is 1. The van der Waals surface area contributed by atoms with E-state index in [4.69, 9.17) is 14.7 Å². The monoisotopic (exact) mass is 460 g/mol. The number of benzene rings is 2. The maximum Gasteiger partial charge on any atom is 0.225 e. The van der Waals surface area contributed by atoms with Gasteiger partial charge in [0.1, 0.15) is 5.82 Å². The van der Waals surface area contributed by atoms with Gasteiger partial charge in [-0.05, 0) is 49.4 Å². The zero-order chi connectivity index (χ0) is 23.3. The molecule has 0 atom stereocenters. The Labute approximate surface area is 202 Å². The van der Waals surface area contributed by atoms with Gasteiger partial charge in [-0.15, -0.1) is 0 Å². The van der Waals surface area contributed by atoms with Gasteiger partial charge in [-0.2, -0.15) is 4.98 Å². The highest BCUT2D eigenvalue weighted by molar-refractivity contribution is 5.90. The van der Waals surface area contributed by atoms with E-state index in [9.17, 15) is 0 Å². The second kappa shape index (κ2) is 10.6. The summed E-state index contributed by atoms with van der Waals surface area (Å²) in [4.78, 5) is 14.1. The van der Waals surface area contributed by atoms with Crippen molar-refractivity contribution in [1.82, 2.24) is 15.3 Å². The minimum absolute atomic E-state index is 0.412. The molecular weight excluding hydrogens is 424 g/mol. The average Bonchev–Trinajstić information content (AvgIpc) is 2.88. The second-order valence-electron chi connectivity index (χ2n) is 9.58. The minimum Gasteiger partial charge on any atom is -0.378 e. The van der Waals surface area contributed by atoms with Crippen molar-refractivity contribution < 1.29 is 4.74 Å². The van der Waals surface area contributed by atoms with Gasteiger partial charge in [-0.3, -0.25) is 0 Å². The summed E-state index contributed by atoms with van der Waals surface area (Å²) in [7, 11) is 4.07. The van der Waals surface area contributed by atoms with Crippen molar-refractivity contribution in [1.29, 1.82) is 0 Å². The third kappa shape index (κ3) is 5.26. The topological polar surface area (TPSA) is 65.6 Å². The van der Waals surface area contributed by atoms with Crippen LogP contribution in [0.1, 0.15) is 31.2 Å². The molecule has 2 heterocycles. The Bertz CT molecular complexity index is 1090. The Morgan fingerprint density at radius 1 is 0.912 bits per heavy atom. The van der Waals surface area contributed by atoms with Crippen LogP contribution in [0, 0.1) is 0 Å². The number of para-hydroxylation sites is 2. The first-order valence-electron chi connectivity index (χ1n) is 12.5. The number of anilines is 3. The van der Waals surface area contributed by atoms with Crippen molar-refractivity contribution >= 4 is 28.4 Å². The molecule has 1 aliphatic carbocycles. The standard InChI is InChI=1S/C27H36N6O/c1-32(2)26-23-8-4-5-9-24(23)30-27(31-26)29-22-13-11-21(12-14-22)28-19-20-7-3-6-10-25(20)33-15-17-34-18-16-33/h3-10,21-22,28H,11-19H2,1-2H3,(H,29,30,31)/t21-,22+. The lowest BCUT2D eigenvalue weighted by Crippen LogP contribution is -2.39. The number of ether oxygens (including phenoxy) is 1. The van der Waals surface area contributed by atoms with E-state index < -0.39 is 0 Å². The Balaban J connectivity index is 1.17. The van der Waals surface area contributed by atoms with Crippen molar-refractivity contribution in [3.63, 3.8) is 0 Å². The number of nitrogens with one attached hydrogen (secondary N) is 2. The highest BCUT2D eigenvalue weighted by Crippen LogP contribution is 2.27. The molecule has 0 amide bonds. The molecule has 2 aromatic carbocycles. The summed E-state index contributed by atoms with van der Waals surface area (Å²) in [6.45, 7) is 4.49. The van der Waals surface area contributed by atoms with Gasteiger partial charge >= 0.3 is 0 Å². The molecule has 1 saturated heterocycles. The molecule has 1 aliphatic heterocycles. The molecule has 34 heavy (non-hydrogen) atoms. The quantitative estimate of drug-likeness (QED) is 0.552. The van der Waals surface area contributed by atoms with Crippen LogP contribution in [0.5, 0.6) is 0 Å². The van der Waals surface area contributed by atoms with E-state index >= 15 is 0 Å². The first-order valence-corrected chi connectivity index (χ1v) is 12.5. The third-order valence-corrected chi connectivity index (χ3v) is 6.99. The fraction of sp³-hybridized carbons (Fsp3) is 0.481. The lowest BCUT2D eigenvalue weighted by molar-refractivity contribution is 0.122. The molecule has 7 heteroatoms. The number of hydrogen-bond donors (Lipinski definition) is 2. The largest absolute Gasteiger partial charge is 0.378 e. The van der Waals surface area contributed by atoms with Gasteiger partial charge in [0.2, 0.25) is 5.95 Å². The van der Waals surface area contributed by atoms with Crippen LogP contribution in [0.2, 0.25) is 0 Å². The van der Waals surface area contributed by atoms with Crippen molar-refractivity contribution in [2.45, 2.75) is 44.3 Å². The molecule has 0 bridgehead atoms. The van der Waals surface area contributed by atoms with Gasteiger partial charge in [0.15, 0.2) is 0 Å². The number of aromatic nitrogens is 2. The summed E-state index contributed by atoms with van der Waals surface area (Å²) in [6, 6.07) is 18.0. The highest BCUT2D eigenvalue weighted by atomic mass is 16.5. The summed E-state index contributed by atoms with van der Waals surface area (Å²) < 4.78 is 5.53. The van der Waals surface area contributed by atoms with Gasteiger partial charge in [0.25, 0.3) is 0 Å². The SMILES string of the molecule is CN(C)c1nc(N[C@H]2CC[C@@H](NCc3ccccc3N3CCOCC3)CC2)nc2ccccc12. The molecular formula is C27H36N6O. The van der Waals surface area contributed by atoms with Gasteiger partial charge < -0.3 is 25.2 Å². The van der Waals surface area contributed by atoms with Crippen molar-refractivity contribution in [2.75, 3.05) is 55.5 Å². The second-order valence-corrected chi connectivity index (χ2v) is 9.58. The normalized spacial score (nSPS) is 20.9. The van der Waals surface area contributed by atoms with Gasteiger partial charge in [-0.1, -0.05) is 30.3 Å². The van der Waals surface area contributed by atoms with Crippen molar-refractivity contribution in [3.8, 4) is 0 Å². The van der Waals surface area contributed by atoms with E-state index in [1.807, 2.05) is 26.2 Å². The summed E-state index contributed by atoms with van der Waals surface area (Å²) in [5.41, 5.74) is 3.71. The van der Waals surface area contributed by atoms with Crippen LogP contribution in [0.15, 0.2) is 48.5 Å². The van der Waals surface area contributed by atoms with E-state index in [2.05, 4.69) is 56.8 Å². The fourth-order valence-corrected chi connectivity index (χ4v) is 5.12. The lowest BCUT2D eigenvalue weighted by Gasteiger charge is -2.32.